The van der Waals surface area contributed by atoms with Crippen LogP contribution in [0.2, 0.25) is 0 Å². The van der Waals surface area contributed by atoms with Gasteiger partial charge in [-0.2, -0.15) is 5.26 Å². The van der Waals surface area contributed by atoms with Gasteiger partial charge in [-0.25, -0.2) is 4.79 Å². The van der Waals surface area contributed by atoms with Gasteiger partial charge in [0.05, 0.1) is 18.1 Å². The molecule has 0 saturated carbocycles. The Morgan fingerprint density at radius 1 is 1.25 bits per heavy atom. The van der Waals surface area contributed by atoms with Gasteiger partial charge in [0.15, 0.2) is 5.60 Å². The lowest BCUT2D eigenvalue weighted by Crippen LogP contribution is -2.48. The van der Waals surface area contributed by atoms with Crippen LogP contribution in [0.5, 0.6) is 0 Å². The average Bonchev–Trinajstić information content (AvgIpc) is 2.57. The molecule has 24 heavy (non-hydrogen) atoms. The number of nitriles is 1. The van der Waals surface area contributed by atoms with Crippen molar-refractivity contribution in [1.82, 2.24) is 0 Å². The number of benzene rings is 2. The monoisotopic (exact) mass is 320 g/mol. The van der Waals surface area contributed by atoms with E-state index in [2.05, 4.69) is 11.4 Å². The Morgan fingerprint density at radius 2 is 1.96 bits per heavy atom. The highest BCUT2D eigenvalue weighted by Gasteiger charge is 2.42. The number of fused-ring (bicyclic) bond motifs is 1. The van der Waals surface area contributed by atoms with E-state index in [1.807, 2.05) is 12.1 Å². The second kappa shape index (κ2) is 6.17. The molecule has 1 amide bonds. The van der Waals surface area contributed by atoms with Gasteiger partial charge >= 0.3 is 5.97 Å². The molecule has 0 radical (unpaired) electrons. The number of rotatable bonds is 3. The van der Waals surface area contributed by atoms with Crippen molar-refractivity contribution in [2.75, 3.05) is 5.32 Å². The number of carbonyl (C=O) groups excluding carboxylic acids is 2. The highest BCUT2D eigenvalue weighted by Crippen LogP contribution is 2.29. The number of nitrogens with one attached hydrogen (secondary N) is 1. The van der Waals surface area contributed by atoms with E-state index in [1.54, 1.807) is 43.3 Å². The molecule has 120 valence electrons. The van der Waals surface area contributed by atoms with Crippen molar-refractivity contribution >= 4 is 17.6 Å². The molecule has 1 atom stereocenters. The average molecular weight is 320 g/mol. The predicted molar refractivity (Wildman–Crippen MR) is 88.4 cm³/mol. The van der Waals surface area contributed by atoms with Gasteiger partial charge < -0.3 is 10.1 Å². The lowest BCUT2D eigenvalue weighted by molar-refractivity contribution is -0.134. The number of esters is 1. The van der Waals surface area contributed by atoms with E-state index < -0.39 is 11.6 Å². The zero-order valence-electron chi connectivity index (χ0n) is 13.2. The van der Waals surface area contributed by atoms with E-state index in [1.165, 1.54) is 0 Å². The summed E-state index contributed by atoms with van der Waals surface area (Å²) in [4.78, 5) is 24.8. The number of cyclic esters (lactones) is 1. The fraction of sp³-hybridized carbons (Fsp3) is 0.211. The summed E-state index contributed by atoms with van der Waals surface area (Å²) in [5, 5.41) is 11.4. The van der Waals surface area contributed by atoms with Crippen molar-refractivity contribution < 1.29 is 14.3 Å². The fourth-order valence-electron chi connectivity index (χ4n) is 2.72. The van der Waals surface area contributed by atoms with Crippen molar-refractivity contribution in [3.05, 3.63) is 65.2 Å². The first-order valence-corrected chi connectivity index (χ1v) is 7.60. The Balaban J connectivity index is 1.77. The van der Waals surface area contributed by atoms with Crippen LogP contribution in [-0.2, 0) is 22.4 Å². The molecular formula is C19H16N2O3. The molecule has 5 nitrogen and oxygen atoms in total. The van der Waals surface area contributed by atoms with Gasteiger partial charge in [0.25, 0.3) is 5.91 Å². The van der Waals surface area contributed by atoms with Crippen LogP contribution in [0.3, 0.4) is 0 Å². The Hall–Kier alpha value is -3.13. The van der Waals surface area contributed by atoms with Crippen molar-refractivity contribution in [1.29, 1.82) is 5.26 Å². The van der Waals surface area contributed by atoms with Crippen molar-refractivity contribution in [3.63, 3.8) is 0 Å². The molecule has 0 bridgehead atoms. The smallest absolute Gasteiger partial charge is 0.339 e. The molecule has 1 heterocycles. The first kappa shape index (κ1) is 15.8. The number of hydrogen-bond donors (Lipinski definition) is 1. The molecule has 2 aromatic rings. The van der Waals surface area contributed by atoms with E-state index >= 15 is 0 Å². The molecule has 5 heteroatoms. The molecular weight excluding hydrogens is 304 g/mol. The van der Waals surface area contributed by atoms with Gasteiger partial charge in [0, 0.05) is 12.1 Å². The van der Waals surface area contributed by atoms with Crippen LogP contribution in [0.15, 0.2) is 48.5 Å². The SMILES string of the molecule is CC1(C(=O)Nc2ccc(CC#N)cc2)Cc2ccccc2C(=O)O1. The molecule has 3 rings (SSSR count). The topological polar surface area (TPSA) is 79.2 Å². The summed E-state index contributed by atoms with van der Waals surface area (Å²) >= 11 is 0. The summed E-state index contributed by atoms with van der Waals surface area (Å²) in [6, 6.07) is 16.2. The largest absolute Gasteiger partial charge is 0.445 e. The number of ether oxygens (including phenoxy) is 1. The molecule has 1 unspecified atom stereocenters. The second-order valence-corrected chi connectivity index (χ2v) is 5.94. The number of amides is 1. The number of carbonyl (C=O) groups is 2. The van der Waals surface area contributed by atoms with E-state index in [4.69, 9.17) is 10.00 Å². The Morgan fingerprint density at radius 3 is 2.67 bits per heavy atom. The zero-order chi connectivity index (χ0) is 17.2. The molecule has 1 aliphatic heterocycles. The third-order valence-corrected chi connectivity index (χ3v) is 4.06. The third-order valence-electron chi connectivity index (χ3n) is 4.06. The standard InChI is InChI=1S/C19H16N2O3/c1-19(12-14-4-2-3-5-16(14)17(22)24-19)18(23)21-15-8-6-13(7-9-15)10-11-20/h2-9H,10,12H2,1H3,(H,21,23). The Bertz CT molecular complexity index is 836. The fourth-order valence-corrected chi connectivity index (χ4v) is 2.72. The normalized spacial score (nSPS) is 18.9. The maximum atomic E-state index is 12.6. The van der Waals surface area contributed by atoms with Gasteiger partial charge in [-0.1, -0.05) is 30.3 Å². The van der Waals surface area contributed by atoms with E-state index in [0.29, 0.717) is 24.1 Å². The van der Waals surface area contributed by atoms with Crippen LogP contribution in [0.1, 0.15) is 28.4 Å². The Labute approximate surface area is 139 Å². The van der Waals surface area contributed by atoms with E-state index in [9.17, 15) is 9.59 Å². The number of nitrogens with zero attached hydrogens (tertiary/aromatic N) is 1. The van der Waals surface area contributed by atoms with Crippen LogP contribution < -0.4 is 5.32 Å². The van der Waals surface area contributed by atoms with E-state index in [0.717, 1.165) is 11.1 Å². The van der Waals surface area contributed by atoms with Crippen LogP contribution in [-0.4, -0.2) is 17.5 Å². The van der Waals surface area contributed by atoms with Gasteiger partial charge in [-0.15, -0.1) is 0 Å². The van der Waals surface area contributed by atoms with Crippen LogP contribution in [0, 0.1) is 11.3 Å². The predicted octanol–water partition coefficient (Wildman–Crippen LogP) is 2.86. The minimum absolute atomic E-state index is 0.320. The molecule has 1 aliphatic rings. The first-order chi connectivity index (χ1) is 11.5. The minimum atomic E-state index is -1.25. The minimum Gasteiger partial charge on any atom is -0.445 e. The lowest BCUT2D eigenvalue weighted by atomic mass is 9.89. The van der Waals surface area contributed by atoms with Crippen molar-refractivity contribution in [2.45, 2.75) is 25.4 Å². The molecule has 0 aromatic heterocycles. The number of anilines is 1. The molecule has 0 aliphatic carbocycles. The summed E-state index contributed by atoms with van der Waals surface area (Å²) in [6.45, 7) is 1.61. The maximum absolute atomic E-state index is 12.6. The van der Waals surface area contributed by atoms with Crippen molar-refractivity contribution in [3.8, 4) is 6.07 Å². The van der Waals surface area contributed by atoms with Gasteiger partial charge in [-0.3, -0.25) is 4.79 Å². The van der Waals surface area contributed by atoms with E-state index in [-0.39, 0.29) is 5.91 Å². The molecule has 0 fully saturated rings. The Kier molecular flexibility index (Phi) is 4.05. The highest BCUT2D eigenvalue weighted by atomic mass is 16.6. The summed E-state index contributed by atoms with van der Waals surface area (Å²) in [6.07, 6.45) is 0.646. The van der Waals surface area contributed by atoms with Crippen molar-refractivity contribution in [2.24, 2.45) is 0 Å². The summed E-state index contributed by atoms with van der Waals surface area (Å²) in [5.74, 6) is -0.864. The quantitative estimate of drug-likeness (QED) is 0.882. The second-order valence-electron chi connectivity index (χ2n) is 5.94. The summed E-state index contributed by atoms with van der Waals surface area (Å²) in [7, 11) is 0. The van der Waals surface area contributed by atoms with Crippen LogP contribution in [0.25, 0.3) is 0 Å². The van der Waals surface area contributed by atoms with Gasteiger partial charge in [-0.05, 0) is 36.2 Å². The van der Waals surface area contributed by atoms with Gasteiger partial charge in [0.1, 0.15) is 0 Å². The maximum Gasteiger partial charge on any atom is 0.339 e. The first-order valence-electron chi connectivity index (χ1n) is 7.60. The molecule has 0 spiro atoms. The van der Waals surface area contributed by atoms with Crippen LogP contribution >= 0.6 is 0 Å². The zero-order valence-corrected chi connectivity index (χ0v) is 13.2. The molecule has 0 saturated heterocycles. The number of hydrogen-bond acceptors (Lipinski definition) is 4. The highest BCUT2D eigenvalue weighted by molar-refractivity contribution is 6.02. The lowest BCUT2D eigenvalue weighted by Gasteiger charge is -2.33. The van der Waals surface area contributed by atoms with Crippen LogP contribution in [0.4, 0.5) is 5.69 Å². The third kappa shape index (κ3) is 2.99. The molecule has 1 N–H and O–H groups in total. The van der Waals surface area contributed by atoms with Gasteiger partial charge in [0.2, 0.25) is 0 Å². The summed E-state index contributed by atoms with van der Waals surface area (Å²) < 4.78 is 5.40. The molecule has 2 aromatic carbocycles. The summed E-state index contributed by atoms with van der Waals surface area (Å²) in [5.41, 5.74) is 1.52.